The molecule has 2 N–H and O–H groups in total. The first-order chi connectivity index (χ1) is 9.00. The number of halogens is 3. The molecule has 1 amide bonds. The molecule has 8 heteroatoms. The molecule has 2 heterocycles. The zero-order valence-corrected chi connectivity index (χ0v) is 12.0. The van der Waals surface area contributed by atoms with Crippen LogP contribution in [0.3, 0.4) is 0 Å². The van der Waals surface area contributed by atoms with Crippen molar-refractivity contribution in [3.63, 3.8) is 0 Å². The lowest BCUT2D eigenvalue weighted by Crippen LogP contribution is -2.28. The fraction of sp³-hybridized carbons (Fsp3) is 0.182. The summed E-state index contributed by atoms with van der Waals surface area (Å²) in [6, 6.07) is -0.310. The summed E-state index contributed by atoms with van der Waals surface area (Å²) in [7, 11) is 0. The topological polar surface area (TPSA) is 70.7 Å². The van der Waals surface area contributed by atoms with E-state index in [2.05, 4.69) is 20.3 Å². The monoisotopic (exact) mass is 318 g/mol. The summed E-state index contributed by atoms with van der Waals surface area (Å²) in [5.41, 5.74) is 0.0227. The van der Waals surface area contributed by atoms with E-state index < -0.39 is 5.91 Å². The van der Waals surface area contributed by atoms with Crippen LogP contribution in [0.4, 0.5) is 0 Å². The summed E-state index contributed by atoms with van der Waals surface area (Å²) >= 11 is 17.6. The van der Waals surface area contributed by atoms with Gasteiger partial charge in [-0.1, -0.05) is 34.8 Å². The molecule has 2 aromatic rings. The van der Waals surface area contributed by atoms with Crippen LogP contribution in [-0.2, 0) is 0 Å². The Balaban J connectivity index is 2.19. The van der Waals surface area contributed by atoms with Gasteiger partial charge in [-0.15, -0.1) is 0 Å². The predicted molar refractivity (Wildman–Crippen MR) is 73.7 cm³/mol. The normalized spacial score (nSPS) is 12.2. The van der Waals surface area contributed by atoms with E-state index in [0.29, 0.717) is 5.82 Å². The molecule has 100 valence electrons. The van der Waals surface area contributed by atoms with Crippen molar-refractivity contribution in [1.29, 1.82) is 0 Å². The van der Waals surface area contributed by atoms with E-state index >= 15 is 0 Å². The van der Waals surface area contributed by atoms with Gasteiger partial charge in [-0.2, -0.15) is 0 Å². The molecule has 2 rings (SSSR count). The van der Waals surface area contributed by atoms with E-state index in [1.165, 1.54) is 6.20 Å². The Hall–Kier alpha value is -1.30. The van der Waals surface area contributed by atoms with Crippen LogP contribution in [0.25, 0.3) is 0 Å². The average Bonchev–Trinajstić information content (AvgIpc) is 2.89. The van der Waals surface area contributed by atoms with E-state index in [0.717, 1.165) is 0 Å². The van der Waals surface area contributed by atoms with Gasteiger partial charge in [0.2, 0.25) is 0 Å². The highest BCUT2D eigenvalue weighted by atomic mass is 35.5. The van der Waals surface area contributed by atoms with Crippen LogP contribution >= 0.6 is 34.8 Å². The number of pyridine rings is 1. The third kappa shape index (κ3) is 3.00. The Morgan fingerprint density at radius 3 is 2.68 bits per heavy atom. The van der Waals surface area contributed by atoms with Crippen molar-refractivity contribution in [3.05, 3.63) is 45.2 Å². The van der Waals surface area contributed by atoms with E-state index in [-0.39, 0.29) is 26.8 Å². The van der Waals surface area contributed by atoms with Gasteiger partial charge < -0.3 is 10.3 Å². The van der Waals surface area contributed by atoms with Crippen molar-refractivity contribution < 1.29 is 4.79 Å². The van der Waals surface area contributed by atoms with Crippen molar-refractivity contribution in [2.24, 2.45) is 0 Å². The van der Waals surface area contributed by atoms with Gasteiger partial charge in [0, 0.05) is 18.6 Å². The summed E-state index contributed by atoms with van der Waals surface area (Å²) in [6.07, 6.45) is 4.55. The quantitative estimate of drug-likeness (QED) is 0.912. The molecule has 0 bridgehead atoms. The number of carbonyl (C=O) groups is 1. The molecule has 1 unspecified atom stereocenters. The molecule has 0 aliphatic heterocycles. The van der Waals surface area contributed by atoms with Gasteiger partial charge >= 0.3 is 0 Å². The Bertz CT molecular complexity index is 600. The van der Waals surface area contributed by atoms with Crippen LogP contribution in [0.15, 0.2) is 18.6 Å². The molecule has 0 fully saturated rings. The van der Waals surface area contributed by atoms with Crippen molar-refractivity contribution in [2.45, 2.75) is 13.0 Å². The molecule has 0 aliphatic carbocycles. The molecule has 2 aromatic heterocycles. The van der Waals surface area contributed by atoms with Gasteiger partial charge in [-0.3, -0.25) is 4.79 Å². The fourth-order valence-electron chi connectivity index (χ4n) is 1.45. The third-order valence-electron chi connectivity index (χ3n) is 2.41. The molecular formula is C11H9Cl3N4O. The second-order valence-electron chi connectivity index (χ2n) is 3.75. The number of rotatable bonds is 3. The smallest absolute Gasteiger partial charge is 0.272 e. The Kier molecular flexibility index (Phi) is 4.29. The number of nitrogens with zero attached hydrogens (tertiary/aromatic N) is 2. The summed E-state index contributed by atoms with van der Waals surface area (Å²) in [4.78, 5) is 22.9. The summed E-state index contributed by atoms with van der Waals surface area (Å²) in [5.74, 6) is 0.178. The molecule has 0 radical (unpaired) electrons. The molecule has 19 heavy (non-hydrogen) atoms. The van der Waals surface area contributed by atoms with E-state index in [1.807, 2.05) is 0 Å². The minimum absolute atomic E-state index is 0.0227. The second-order valence-corrected chi connectivity index (χ2v) is 4.92. The molecule has 0 aliphatic rings. The van der Waals surface area contributed by atoms with Crippen LogP contribution in [0.5, 0.6) is 0 Å². The standard InChI is InChI=1S/C11H9Cl3N4O/c1-5(10-15-2-3-16-10)18-11(19)9-8(14)7(13)6(12)4-17-9/h2-5H,1H3,(H,15,16)(H,18,19). The minimum Gasteiger partial charge on any atom is -0.347 e. The van der Waals surface area contributed by atoms with Crippen molar-refractivity contribution in [2.75, 3.05) is 0 Å². The van der Waals surface area contributed by atoms with Gasteiger partial charge in [0.1, 0.15) is 11.5 Å². The number of imidazole rings is 1. The molecule has 5 nitrogen and oxygen atoms in total. The minimum atomic E-state index is -0.451. The zero-order valence-electron chi connectivity index (χ0n) is 9.75. The van der Waals surface area contributed by atoms with Gasteiger partial charge in [0.25, 0.3) is 5.91 Å². The van der Waals surface area contributed by atoms with Gasteiger partial charge in [-0.25, -0.2) is 9.97 Å². The van der Waals surface area contributed by atoms with Crippen molar-refractivity contribution in [3.8, 4) is 0 Å². The predicted octanol–water partition coefficient (Wildman–Crippen LogP) is 3.26. The number of nitrogens with one attached hydrogen (secondary N) is 2. The summed E-state index contributed by atoms with van der Waals surface area (Å²) in [5, 5.41) is 3.03. The summed E-state index contributed by atoms with van der Waals surface area (Å²) < 4.78 is 0. The highest BCUT2D eigenvalue weighted by Gasteiger charge is 2.19. The first kappa shape index (κ1) is 14.1. The maximum absolute atomic E-state index is 12.0. The van der Waals surface area contributed by atoms with Crippen LogP contribution in [-0.4, -0.2) is 20.9 Å². The first-order valence-corrected chi connectivity index (χ1v) is 6.43. The third-order valence-corrected chi connectivity index (χ3v) is 3.65. The Morgan fingerprint density at radius 2 is 2.05 bits per heavy atom. The number of aromatic nitrogens is 3. The molecule has 0 aromatic carbocycles. The molecule has 0 spiro atoms. The highest BCUT2D eigenvalue weighted by Crippen LogP contribution is 2.31. The highest BCUT2D eigenvalue weighted by molar-refractivity contribution is 6.48. The number of amides is 1. The fourth-order valence-corrected chi connectivity index (χ4v) is 2.02. The number of aromatic amines is 1. The average molecular weight is 320 g/mol. The summed E-state index contributed by atoms with van der Waals surface area (Å²) in [6.45, 7) is 1.78. The lowest BCUT2D eigenvalue weighted by atomic mass is 10.2. The number of hydrogen-bond donors (Lipinski definition) is 2. The van der Waals surface area contributed by atoms with Crippen LogP contribution in [0.1, 0.15) is 29.3 Å². The van der Waals surface area contributed by atoms with Crippen LogP contribution in [0, 0.1) is 0 Å². The first-order valence-electron chi connectivity index (χ1n) is 5.30. The van der Waals surface area contributed by atoms with Gasteiger partial charge in [-0.05, 0) is 6.92 Å². The van der Waals surface area contributed by atoms with E-state index in [1.54, 1.807) is 19.3 Å². The maximum atomic E-state index is 12.0. The van der Waals surface area contributed by atoms with E-state index in [4.69, 9.17) is 34.8 Å². The largest absolute Gasteiger partial charge is 0.347 e. The number of H-pyrrole nitrogens is 1. The van der Waals surface area contributed by atoms with Crippen LogP contribution in [0.2, 0.25) is 15.1 Å². The SMILES string of the molecule is CC(NC(=O)c1ncc(Cl)c(Cl)c1Cl)c1ncc[nH]1. The van der Waals surface area contributed by atoms with Crippen LogP contribution < -0.4 is 5.32 Å². The molecule has 0 saturated carbocycles. The van der Waals surface area contributed by atoms with Crippen molar-refractivity contribution in [1.82, 2.24) is 20.3 Å². The van der Waals surface area contributed by atoms with Gasteiger partial charge in [0.15, 0.2) is 0 Å². The van der Waals surface area contributed by atoms with Crippen molar-refractivity contribution >= 4 is 40.7 Å². The molecule has 1 atom stereocenters. The maximum Gasteiger partial charge on any atom is 0.272 e. The lowest BCUT2D eigenvalue weighted by Gasteiger charge is -2.12. The Labute approximate surface area is 124 Å². The lowest BCUT2D eigenvalue weighted by molar-refractivity contribution is 0.0933. The second kappa shape index (κ2) is 5.77. The zero-order chi connectivity index (χ0) is 14.0. The molecule has 0 saturated heterocycles. The van der Waals surface area contributed by atoms with E-state index in [9.17, 15) is 4.79 Å². The number of carbonyl (C=O) groups excluding carboxylic acids is 1. The molecular weight excluding hydrogens is 311 g/mol. The number of hydrogen-bond acceptors (Lipinski definition) is 3. The Morgan fingerprint density at radius 1 is 1.32 bits per heavy atom. The van der Waals surface area contributed by atoms with Gasteiger partial charge in [0.05, 0.1) is 21.1 Å².